The maximum Gasteiger partial charge on any atom is 0.184 e. The Morgan fingerprint density at radius 2 is 1.80 bits per heavy atom. The highest BCUT2D eigenvalue weighted by Gasteiger charge is 2.30. The van der Waals surface area contributed by atoms with E-state index in [0.29, 0.717) is 6.61 Å². The molecule has 2 aromatic carbocycles. The zero-order valence-electron chi connectivity index (χ0n) is 20.3. The lowest BCUT2D eigenvalue weighted by Crippen LogP contribution is -2.47. The summed E-state index contributed by atoms with van der Waals surface area (Å²) in [5.41, 5.74) is 3.61. The van der Waals surface area contributed by atoms with Gasteiger partial charge in [0.05, 0.1) is 18.9 Å². The zero-order chi connectivity index (χ0) is 23.9. The fraction of sp³-hybridized carbons (Fsp3) is 0.429. The molecule has 0 aliphatic carbocycles. The van der Waals surface area contributed by atoms with Crippen LogP contribution in [0.1, 0.15) is 23.7 Å². The highest BCUT2D eigenvalue weighted by molar-refractivity contribution is 7.07. The summed E-state index contributed by atoms with van der Waals surface area (Å²) in [5, 5.41) is 4.30. The second-order valence-corrected chi connectivity index (χ2v) is 9.77. The average Bonchev–Trinajstić information content (AvgIpc) is 3.60. The summed E-state index contributed by atoms with van der Waals surface area (Å²) in [6.45, 7) is 5.49. The van der Waals surface area contributed by atoms with Crippen molar-refractivity contribution in [3.8, 4) is 5.75 Å². The summed E-state index contributed by atoms with van der Waals surface area (Å²) in [6.07, 6.45) is 1.07. The molecule has 0 N–H and O–H groups in total. The predicted octanol–water partition coefficient (Wildman–Crippen LogP) is 4.97. The average molecular weight is 495 g/mol. The zero-order valence-corrected chi connectivity index (χ0v) is 21.1. The lowest BCUT2D eigenvalue weighted by Gasteiger charge is -2.37. The molecule has 0 spiro atoms. The van der Waals surface area contributed by atoms with Crippen molar-refractivity contribution in [1.82, 2.24) is 4.90 Å². The van der Waals surface area contributed by atoms with Crippen LogP contribution in [0, 0.1) is 0 Å². The number of thiophene rings is 1. The van der Waals surface area contributed by atoms with Crippen molar-refractivity contribution >= 4 is 17.0 Å². The minimum absolute atomic E-state index is 0.00225. The Hall–Kier alpha value is -2.42. The molecule has 1 aromatic heterocycles. The summed E-state index contributed by atoms with van der Waals surface area (Å²) in [5.74, 6) is 0.941. The van der Waals surface area contributed by atoms with Gasteiger partial charge in [0.2, 0.25) is 0 Å². The van der Waals surface area contributed by atoms with Crippen LogP contribution in [-0.4, -0.2) is 63.9 Å². The Bertz CT molecular complexity index is 1020. The summed E-state index contributed by atoms with van der Waals surface area (Å²) in [7, 11) is 1.74. The highest BCUT2D eigenvalue weighted by atomic mass is 32.1. The monoisotopic (exact) mass is 494 g/mol. The van der Waals surface area contributed by atoms with Gasteiger partial charge in [0.1, 0.15) is 12.4 Å². The van der Waals surface area contributed by atoms with Crippen LogP contribution in [-0.2, 0) is 20.6 Å². The minimum atomic E-state index is -0.337. The van der Waals surface area contributed by atoms with Crippen molar-refractivity contribution in [2.45, 2.75) is 31.5 Å². The molecule has 0 bridgehead atoms. The summed E-state index contributed by atoms with van der Waals surface area (Å²) >= 11 is 1.71. The maximum absolute atomic E-state index is 6.44. The Kier molecular flexibility index (Phi) is 8.33. The summed E-state index contributed by atoms with van der Waals surface area (Å²) in [4.78, 5) is 4.94. The standard InChI is InChI=1S/C28H34N2O4S/c1-31-26-10-6-5-9-24(26)30-16-14-29(15-17-30)13-11-25(23-12-18-35-21-23)33-28-20-32-27(34-28)19-22-7-3-2-4-8-22/h2-10,12,18,21,25,27-28H,11,13-17,19-20H2,1H3. The summed E-state index contributed by atoms with van der Waals surface area (Å²) < 4.78 is 24.0. The second-order valence-electron chi connectivity index (χ2n) is 8.99. The topological polar surface area (TPSA) is 43.4 Å². The predicted molar refractivity (Wildman–Crippen MR) is 139 cm³/mol. The lowest BCUT2D eigenvalue weighted by atomic mass is 10.1. The smallest absolute Gasteiger partial charge is 0.184 e. The molecular weight excluding hydrogens is 460 g/mol. The van der Waals surface area contributed by atoms with Crippen molar-refractivity contribution in [3.05, 3.63) is 82.6 Å². The van der Waals surface area contributed by atoms with E-state index in [1.165, 1.54) is 16.8 Å². The Morgan fingerprint density at radius 1 is 1.00 bits per heavy atom. The molecule has 2 fully saturated rings. The number of hydrogen-bond acceptors (Lipinski definition) is 7. The number of methoxy groups -OCH3 is 1. The maximum atomic E-state index is 6.44. The van der Waals surface area contributed by atoms with E-state index < -0.39 is 0 Å². The molecule has 186 valence electrons. The van der Waals surface area contributed by atoms with Gasteiger partial charge in [-0.2, -0.15) is 11.3 Å². The van der Waals surface area contributed by atoms with E-state index in [4.69, 9.17) is 18.9 Å². The number of anilines is 1. The van der Waals surface area contributed by atoms with Crippen molar-refractivity contribution in [1.29, 1.82) is 0 Å². The minimum Gasteiger partial charge on any atom is -0.495 e. The molecule has 5 rings (SSSR count). The third kappa shape index (κ3) is 6.42. The molecule has 6 nitrogen and oxygen atoms in total. The number of piperazine rings is 1. The van der Waals surface area contributed by atoms with E-state index in [9.17, 15) is 0 Å². The first-order chi connectivity index (χ1) is 17.3. The highest BCUT2D eigenvalue weighted by Crippen LogP contribution is 2.30. The van der Waals surface area contributed by atoms with Gasteiger partial charge in [0.25, 0.3) is 0 Å². The molecule has 3 aromatic rings. The van der Waals surface area contributed by atoms with Crippen LogP contribution in [0.3, 0.4) is 0 Å². The van der Waals surface area contributed by atoms with Gasteiger partial charge in [-0.3, -0.25) is 4.90 Å². The van der Waals surface area contributed by atoms with Crippen LogP contribution in [0.4, 0.5) is 5.69 Å². The largest absolute Gasteiger partial charge is 0.495 e. The quantitative estimate of drug-likeness (QED) is 0.397. The van der Waals surface area contributed by atoms with Gasteiger partial charge in [-0.15, -0.1) is 0 Å². The Balaban J connectivity index is 1.12. The van der Waals surface area contributed by atoms with Crippen LogP contribution < -0.4 is 9.64 Å². The van der Waals surface area contributed by atoms with E-state index in [0.717, 1.165) is 51.3 Å². The number of nitrogens with zero attached hydrogens (tertiary/aromatic N) is 2. The third-order valence-corrected chi connectivity index (χ3v) is 7.41. The van der Waals surface area contributed by atoms with Gasteiger partial charge < -0.3 is 23.8 Å². The molecule has 0 amide bonds. The van der Waals surface area contributed by atoms with Crippen LogP contribution in [0.15, 0.2) is 71.4 Å². The van der Waals surface area contributed by atoms with E-state index in [1.807, 2.05) is 30.3 Å². The Labute approximate surface area is 212 Å². The van der Waals surface area contributed by atoms with E-state index in [-0.39, 0.29) is 18.7 Å². The first-order valence-electron chi connectivity index (χ1n) is 12.4. The molecule has 3 atom stereocenters. The van der Waals surface area contributed by atoms with Crippen molar-refractivity contribution in [3.63, 3.8) is 0 Å². The van der Waals surface area contributed by atoms with Gasteiger partial charge in [0.15, 0.2) is 12.6 Å². The SMILES string of the molecule is COc1ccccc1N1CCN(CCC(OC2COC(Cc3ccccc3)O2)c2ccsc2)CC1. The first-order valence-corrected chi connectivity index (χ1v) is 13.3. The fourth-order valence-corrected chi connectivity index (χ4v) is 5.48. The molecule has 0 saturated carbocycles. The van der Waals surface area contributed by atoms with Crippen molar-refractivity contribution in [2.75, 3.05) is 51.3 Å². The van der Waals surface area contributed by atoms with E-state index in [2.05, 4.69) is 50.9 Å². The normalized spacial score (nSPS) is 21.8. The first kappa shape index (κ1) is 24.3. The van der Waals surface area contributed by atoms with Crippen LogP contribution in [0.5, 0.6) is 5.75 Å². The third-order valence-electron chi connectivity index (χ3n) is 6.70. The molecule has 0 radical (unpaired) electrons. The van der Waals surface area contributed by atoms with Gasteiger partial charge in [-0.05, 0) is 46.5 Å². The molecule has 7 heteroatoms. The number of benzene rings is 2. The number of rotatable bonds is 10. The number of para-hydroxylation sites is 2. The van der Waals surface area contributed by atoms with Gasteiger partial charge in [0, 0.05) is 39.1 Å². The van der Waals surface area contributed by atoms with Crippen molar-refractivity contribution in [2.24, 2.45) is 0 Å². The second kappa shape index (κ2) is 12.0. The van der Waals surface area contributed by atoms with Crippen LogP contribution >= 0.6 is 11.3 Å². The van der Waals surface area contributed by atoms with E-state index in [1.54, 1.807) is 18.4 Å². The summed E-state index contributed by atoms with van der Waals surface area (Å²) in [6, 6.07) is 20.7. The van der Waals surface area contributed by atoms with Gasteiger partial charge in [-0.1, -0.05) is 42.5 Å². The molecule has 2 aliphatic rings. The molecule has 2 aliphatic heterocycles. The molecular formula is C28H34N2O4S. The van der Waals surface area contributed by atoms with Gasteiger partial charge >= 0.3 is 0 Å². The lowest BCUT2D eigenvalue weighted by molar-refractivity contribution is -0.169. The molecule has 2 saturated heterocycles. The van der Waals surface area contributed by atoms with Crippen LogP contribution in [0.25, 0.3) is 0 Å². The number of ether oxygens (including phenoxy) is 4. The van der Waals surface area contributed by atoms with E-state index >= 15 is 0 Å². The van der Waals surface area contributed by atoms with Gasteiger partial charge in [-0.25, -0.2) is 0 Å². The number of hydrogen-bond donors (Lipinski definition) is 0. The molecule has 3 heterocycles. The van der Waals surface area contributed by atoms with Crippen LogP contribution in [0.2, 0.25) is 0 Å². The Morgan fingerprint density at radius 3 is 2.57 bits per heavy atom. The van der Waals surface area contributed by atoms with Crippen molar-refractivity contribution < 1.29 is 18.9 Å². The molecule has 3 unspecified atom stereocenters. The molecule has 35 heavy (non-hydrogen) atoms. The fourth-order valence-electron chi connectivity index (χ4n) is 4.78.